The highest BCUT2D eigenvalue weighted by Gasteiger charge is 2.22. The van der Waals surface area contributed by atoms with Crippen molar-refractivity contribution >= 4 is 27.3 Å². The first kappa shape index (κ1) is 14.2. The Morgan fingerprint density at radius 3 is 2.85 bits per heavy atom. The molecule has 2 nitrogen and oxygen atoms in total. The molecule has 1 unspecified atom stereocenters. The smallest absolute Gasteiger partial charge is 0.124 e. The van der Waals surface area contributed by atoms with E-state index in [9.17, 15) is 4.39 Å². The summed E-state index contributed by atoms with van der Waals surface area (Å²) in [6, 6.07) is 4.84. The maximum Gasteiger partial charge on any atom is 0.124 e. The van der Waals surface area contributed by atoms with Gasteiger partial charge in [0.2, 0.25) is 0 Å². The van der Waals surface area contributed by atoms with E-state index in [2.05, 4.69) is 21.2 Å². The van der Waals surface area contributed by atoms with Crippen molar-refractivity contribution in [1.29, 1.82) is 0 Å². The first-order valence-corrected chi connectivity index (χ1v) is 8.40. The van der Waals surface area contributed by atoms with Crippen LogP contribution >= 0.6 is 27.3 Å². The predicted octanol–water partition coefficient (Wildman–Crippen LogP) is 4.23. The summed E-state index contributed by atoms with van der Waals surface area (Å²) in [5, 5.41) is 4.38. The molecule has 0 bridgehead atoms. The molecule has 2 aromatic rings. The molecule has 3 rings (SSSR count). The number of aromatic nitrogens is 1. The SMILES string of the molecule is CNC(c1nc2c(s1)CCCC2)c1ccc(F)cc1Br. The lowest BCUT2D eigenvalue weighted by atomic mass is 10.0. The summed E-state index contributed by atoms with van der Waals surface area (Å²) < 4.78 is 14.0. The fourth-order valence-electron chi connectivity index (χ4n) is 2.64. The van der Waals surface area contributed by atoms with E-state index in [1.54, 1.807) is 11.3 Å². The second kappa shape index (κ2) is 5.92. The minimum absolute atomic E-state index is 0.0144. The van der Waals surface area contributed by atoms with Crippen LogP contribution in [0.2, 0.25) is 0 Å². The highest BCUT2D eigenvalue weighted by molar-refractivity contribution is 9.10. The molecule has 0 spiro atoms. The van der Waals surface area contributed by atoms with E-state index >= 15 is 0 Å². The summed E-state index contributed by atoms with van der Waals surface area (Å²) in [5.74, 6) is -0.228. The molecule has 20 heavy (non-hydrogen) atoms. The second-order valence-corrected chi connectivity index (χ2v) is 6.99. The van der Waals surface area contributed by atoms with Gasteiger partial charge in [-0.25, -0.2) is 9.37 Å². The van der Waals surface area contributed by atoms with E-state index in [1.807, 2.05) is 13.1 Å². The van der Waals surface area contributed by atoms with E-state index < -0.39 is 0 Å². The standard InChI is InChI=1S/C15H16BrFN2S/c1-18-14(10-7-6-9(17)8-11(10)16)15-19-12-4-2-3-5-13(12)20-15/h6-8,14,18H,2-5H2,1H3. The number of rotatable bonds is 3. The Kier molecular flexibility index (Phi) is 4.19. The van der Waals surface area contributed by atoms with Crippen LogP contribution in [0.4, 0.5) is 4.39 Å². The molecule has 1 aromatic heterocycles. The van der Waals surface area contributed by atoms with Gasteiger partial charge in [0.1, 0.15) is 10.8 Å². The zero-order valence-corrected chi connectivity index (χ0v) is 13.7. The van der Waals surface area contributed by atoms with Crippen LogP contribution in [-0.2, 0) is 12.8 Å². The van der Waals surface area contributed by atoms with Gasteiger partial charge in [-0.3, -0.25) is 0 Å². The lowest BCUT2D eigenvalue weighted by Crippen LogP contribution is -2.18. The average molecular weight is 355 g/mol. The summed E-state index contributed by atoms with van der Waals surface area (Å²) in [4.78, 5) is 6.22. The Morgan fingerprint density at radius 1 is 1.35 bits per heavy atom. The molecule has 0 radical (unpaired) electrons. The zero-order valence-electron chi connectivity index (χ0n) is 11.2. The van der Waals surface area contributed by atoms with Crippen LogP contribution in [0.15, 0.2) is 22.7 Å². The molecule has 0 amide bonds. The molecule has 1 aromatic carbocycles. The minimum Gasteiger partial charge on any atom is -0.307 e. The molecule has 1 heterocycles. The number of fused-ring (bicyclic) bond motifs is 1. The van der Waals surface area contributed by atoms with Gasteiger partial charge in [0.15, 0.2) is 0 Å². The topological polar surface area (TPSA) is 24.9 Å². The average Bonchev–Trinajstić information content (AvgIpc) is 2.85. The first-order valence-electron chi connectivity index (χ1n) is 6.79. The number of nitrogens with zero attached hydrogens (tertiary/aromatic N) is 1. The second-order valence-electron chi connectivity index (χ2n) is 5.02. The van der Waals surface area contributed by atoms with E-state index in [1.165, 1.54) is 35.5 Å². The van der Waals surface area contributed by atoms with Gasteiger partial charge in [0.25, 0.3) is 0 Å². The Balaban J connectivity index is 1.98. The summed E-state index contributed by atoms with van der Waals surface area (Å²) in [6.45, 7) is 0. The van der Waals surface area contributed by atoms with E-state index in [0.29, 0.717) is 0 Å². The van der Waals surface area contributed by atoms with Crippen molar-refractivity contribution in [3.8, 4) is 0 Å². The van der Waals surface area contributed by atoms with Gasteiger partial charge < -0.3 is 5.32 Å². The molecular formula is C15H16BrFN2S. The molecule has 0 fully saturated rings. The van der Waals surface area contributed by atoms with Crippen LogP contribution in [0.25, 0.3) is 0 Å². The van der Waals surface area contributed by atoms with Crippen molar-refractivity contribution in [2.24, 2.45) is 0 Å². The molecule has 5 heteroatoms. The molecule has 0 aliphatic heterocycles. The molecule has 0 saturated heterocycles. The number of halogens is 2. The Labute approximate surface area is 130 Å². The van der Waals surface area contributed by atoms with Gasteiger partial charge in [0, 0.05) is 9.35 Å². The molecule has 1 aliphatic carbocycles. The Morgan fingerprint density at radius 2 is 2.15 bits per heavy atom. The summed E-state index contributed by atoms with van der Waals surface area (Å²) >= 11 is 5.24. The van der Waals surface area contributed by atoms with Crippen LogP contribution in [0.3, 0.4) is 0 Å². The van der Waals surface area contributed by atoms with Crippen molar-refractivity contribution in [3.63, 3.8) is 0 Å². The third-order valence-electron chi connectivity index (χ3n) is 3.67. The normalized spacial score (nSPS) is 15.9. The molecular weight excluding hydrogens is 339 g/mol. The van der Waals surface area contributed by atoms with Gasteiger partial charge in [-0.15, -0.1) is 11.3 Å². The fourth-order valence-corrected chi connectivity index (χ4v) is 4.51. The quantitative estimate of drug-likeness (QED) is 0.891. The van der Waals surface area contributed by atoms with Crippen molar-refractivity contribution in [3.05, 3.63) is 49.6 Å². The van der Waals surface area contributed by atoms with Gasteiger partial charge in [0.05, 0.1) is 11.7 Å². The lowest BCUT2D eigenvalue weighted by molar-refractivity contribution is 0.620. The number of benzene rings is 1. The number of hydrogen-bond donors (Lipinski definition) is 1. The fraction of sp³-hybridized carbons (Fsp3) is 0.400. The summed E-state index contributed by atoms with van der Waals surface area (Å²) in [6.07, 6.45) is 4.74. The maximum absolute atomic E-state index is 13.2. The third-order valence-corrected chi connectivity index (χ3v) is 5.58. The van der Waals surface area contributed by atoms with E-state index in [-0.39, 0.29) is 11.9 Å². The largest absolute Gasteiger partial charge is 0.307 e. The molecule has 1 aliphatic rings. The van der Waals surface area contributed by atoms with Crippen LogP contribution in [0.5, 0.6) is 0 Å². The number of hydrogen-bond acceptors (Lipinski definition) is 3. The van der Waals surface area contributed by atoms with Crippen LogP contribution < -0.4 is 5.32 Å². The van der Waals surface area contributed by atoms with E-state index in [4.69, 9.17) is 4.98 Å². The maximum atomic E-state index is 13.2. The van der Waals surface area contributed by atoms with Crippen molar-refractivity contribution in [2.75, 3.05) is 7.05 Å². The van der Waals surface area contributed by atoms with Crippen LogP contribution in [-0.4, -0.2) is 12.0 Å². The highest BCUT2D eigenvalue weighted by Crippen LogP contribution is 2.35. The van der Waals surface area contributed by atoms with Gasteiger partial charge in [-0.1, -0.05) is 22.0 Å². The predicted molar refractivity (Wildman–Crippen MR) is 83.8 cm³/mol. The molecule has 106 valence electrons. The number of thiazole rings is 1. The number of nitrogens with one attached hydrogen (secondary N) is 1. The number of aryl methyl sites for hydroxylation is 2. The highest BCUT2D eigenvalue weighted by atomic mass is 79.9. The van der Waals surface area contributed by atoms with Crippen LogP contribution in [0.1, 0.15) is 40.0 Å². The van der Waals surface area contributed by atoms with Crippen molar-refractivity contribution in [1.82, 2.24) is 10.3 Å². The Bertz CT molecular complexity index is 603. The van der Waals surface area contributed by atoms with Gasteiger partial charge >= 0.3 is 0 Å². The van der Waals surface area contributed by atoms with Gasteiger partial charge in [-0.05, 0) is 50.4 Å². The van der Waals surface area contributed by atoms with Crippen molar-refractivity contribution in [2.45, 2.75) is 31.7 Å². The minimum atomic E-state index is -0.228. The van der Waals surface area contributed by atoms with Gasteiger partial charge in [-0.2, -0.15) is 0 Å². The van der Waals surface area contributed by atoms with Crippen molar-refractivity contribution < 1.29 is 4.39 Å². The molecule has 1 N–H and O–H groups in total. The van der Waals surface area contributed by atoms with Crippen LogP contribution in [0, 0.1) is 5.82 Å². The van der Waals surface area contributed by atoms with E-state index in [0.717, 1.165) is 27.9 Å². The summed E-state index contributed by atoms with van der Waals surface area (Å²) in [7, 11) is 1.92. The zero-order chi connectivity index (χ0) is 14.1. The summed E-state index contributed by atoms with van der Waals surface area (Å²) in [5.41, 5.74) is 2.29. The Hall–Kier alpha value is -0.780. The molecule has 1 atom stereocenters. The lowest BCUT2D eigenvalue weighted by Gasteiger charge is -2.15. The molecule has 0 saturated carbocycles. The first-order chi connectivity index (χ1) is 9.69. The third kappa shape index (κ3) is 2.67. The monoisotopic (exact) mass is 354 g/mol.